The summed E-state index contributed by atoms with van der Waals surface area (Å²) in [4.78, 5) is 26.4. The second kappa shape index (κ2) is 8.10. The number of benzene rings is 1. The summed E-state index contributed by atoms with van der Waals surface area (Å²) in [5.41, 5.74) is 6.53. The third kappa shape index (κ3) is 5.30. The van der Waals surface area contributed by atoms with E-state index in [0.717, 1.165) is 31.9 Å². The molecule has 3 rings (SSSR count). The molecule has 1 aliphatic rings. The highest BCUT2D eigenvalue weighted by atomic mass is 32.2. The molecule has 1 aliphatic carbocycles. The van der Waals surface area contributed by atoms with Crippen molar-refractivity contribution in [2.24, 2.45) is 0 Å². The summed E-state index contributed by atoms with van der Waals surface area (Å²) in [6.07, 6.45) is 6.52. The number of rotatable bonds is 4. The third-order valence-corrected chi connectivity index (χ3v) is 6.03. The van der Waals surface area contributed by atoms with Gasteiger partial charge in [-0.15, -0.1) is 11.3 Å². The van der Waals surface area contributed by atoms with Gasteiger partial charge in [0.25, 0.3) is 11.8 Å². The number of thiophene rings is 1. The molecule has 1 aromatic heterocycles. The first kappa shape index (κ1) is 19.4. The molecule has 27 heavy (non-hydrogen) atoms. The van der Waals surface area contributed by atoms with Gasteiger partial charge in [0.15, 0.2) is 0 Å². The number of carbonyl (C=O) groups excluding carboxylic acids is 2. The quantitative estimate of drug-likeness (QED) is 0.535. The van der Waals surface area contributed by atoms with Gasteiger partial charge in [0.1, 0.15) is 0 Å². The van der Waals surface area contributed by atoms with Gasteiger partial charge in [-0.3, -0.25) is 25.2 Å². The lowest BCUT2D eigenvalue weighted by Gasteiger charge is -2.08. The standard InChI is InChI=1S/C18H21N3O4S2/c1-27(24,25)21-14-8-5-7-13(10-14)17(22)19-20-18(23)16-11-12-6-3-2-4-9-15(12)26-16/h5,7-8,10-11,21H,2-4,6,9H2,1H3,(H,19,22)(H,20,23). The average Bonchev–Trinajstić information content (AvgIpc) is 2.89. The fourth-order valence-electron chi connectivity index (χ4n) is 2.96. The van der Waals surface area contributed by atoms with Crippen LogP contribution in [0.3, 0.4) is 0 Å². The molecular formula is C18H21N3O4S2. The molecule has 0 atom stereocenters. The molecule has 0 bridgehead atoms. The number of aryl methyl sites for hydroxylation is 2. The molecule has 9 heteroatoms. The van der Waals surface area contributed by atoms with E-state index in [-0.39, 0.29) is 17.2 Å². The van der Waals surface area contributed by atoms with Crippen molar-refractivity contribution in [2.75, 3.05) is 11.0 Å². The Balaban J connectivity index is 1.62. The molecule has 1 heterocycles. The second-order valence-electron chi connectivity index (χ2n) is 6.48. The van der Waals surface area contributed by atoms with Gasteiger partial charge in [0.05, 0.1) is 11.1 Å². The van der Waals surface area contributed by atoms with E-state index in [2.05, 4.69) is 15.6 Å². The van der Waals surface area contributed by atoms with E-state index in [1.165, 1.54) is 46.4 Å². The summed E-state index contributed by atoms with van der Waals surface area (Å²) in [5.74, 6) is -0.884. The molecule has 0 fully saturated rings. The Morgan fingerprint density at radius 3 is 2.52 bits per heavy atom. The lowest BCUT2D eigenvalue weighted by Crippen LogP contribution is -2.41. The summed E-state index contributed by atoms with van der Waals surface area (Å²) >= 11 is 1.47. The van der Waals surface area contributed by atoms with Crippen molar-refractivity contribution < 1.29 is 18.0 Å². The fourth-order valence-corrected chi connectivity index (χ4v) is 4.67. The molecule has 0 radical (unpaired) electrons. The van der Waals surface area contributed by atoms with E-state index in [1.54, 1.807) is 6.07 Å². The number of hydrazine groups is 1. The van der Waals surface area contributed by atoms with Gasteiger partial charge in [-0.1, -0.05) is 12.5 Å². The molecule has 2 aromatic rings. The lowest BCUT2D eigenvalue weighted by atomic mass is 10.1. The summed E-state index contributed by atoms with van der Waals surface area (Å²) < 4.78 is 24.9. The Morgan fingerprint density at radius 2 is 1.74 bits per heavy atom. The van der Waals surface area contributed by atoms with Crippen LogP contribution in [-0.2, 0) is 22.9 Å². The number of nitrogens with one attached hydrogen (secondary N) is 3. The first-order valence-electron chi connectivity index (χ1n) is 8.62. The van der Waals surface area contributed by atoms with E-state index < -0.39 is 15.9 Å². The van der Waals surface area contributed by atoms with E-state index >= 15 is 0 Å². The van der Waals surface area contributed by atoms with Crippen LogP contribution in [0.15, 0.2) is 30.3 Å². The highest BCUT2D eigenvalue weighted by Crippen LogP contribution is 2.28. The van der Waals surface area contributed by atoms with Gasteiger partial charge in [0.2, 0.25) is 10.0 Å². The minimum absolute atomic E-state index is 0.228. The van der Waals surface area contributed by atoms with Crippen molar-refractivity contribution in [2.45, 2.75) is 32.1 Å². The number of carbonyl (C=O) groups is 2. The molecule has 3 N–H and O–H groups in total. The zero-order valence-corrected chi connectivity index (χ0v) is 16.5. The maximum atomic E-state index is 12.3. The van der Waals surface area contributed by atoms with Gasteiger partial charge in [-0.05, 0) is 55.5 Å². The van der Waals surface area contributed by atoms with Crippen LogP contribution in [0.4, 0.5) is 5.69 Å². The van der Waals surface area contributed by atoms with Crippen LogP contribution in [0.1, 0.15) is 49.7 Å². The monoisotopic (exact) mass is 407 g/mol. The lowest BCUT2D eigenvalue weighted by molar-refractivity contribution is 0.0849. The van der Waals surface area contributed by atoms with Crippen molar-refractivity contribution in [1.82, 2.24) is 10.9 Å². The summed E-state index contributed by atoms with van der Waals surface area (Å²) in [6, 6.07) is 7.93. The van der Waals surface area contributed by atoms with Crippen LogP contribution in [0.5, 0.6) is 0 Å². The number of hydrogen-bond donors (Lipinski definition) is 3. The van der Waals surface area contributed by atoms with Gasteiger partial charge >= 0.3 is 0 Å². The Morgan fingerprint density at radius 1 is 1.00 bits per heavy atom. The van der Waals surface area contributed by atoms with Crippen LogP contribution in [0.2, 0.25) is 0 Å². The second-order valence-corrected chi connectivity index (χ2v) is 9.37. The van der Waals surface area contributed by atoms with Crippen molar-refractivity contribution in [3.63, 3.8) is 0 Å². The van der Waals surface area contributed by atoms with Gasteiger partial charge in [-0.25, -0.2) is 8.42 Å². The first-order chi connectivity index (χ1) is 12.8. The number of fused-ring (bicyclic) bond motifs is 1. The maximum Gasteiger partial charge on any atom is 0.279 e. The van der Waals surface area contributed by atoms with Crippen molar-refractivity contribution >= 4 is 38.9 Å². The predicted octanol–water partition coefficient (Wildman–Crippen LogP) is 2.46. The Bertz CT molecular complexity index is 943. The zero-order valence-electron chi connectivity index (χ0n) is 14.9. The smallest absolute Gasteiger partial charge is 0.279 e. The summed E-state index contributed by atoms with van der Waals surface area (Å²) in [7, 11) is -3.44. The summed E-state index contributed by atoms with van der Waals surface area (Å²) in [5, 5.41) is 0. The maximum absolute atomic E-state index is 12.3. The Kier molecular flexibility index (Phi) is 5.81. The van der Waals surface area contributed by atoms with E-state index in [4.69, 9.17) is 0 Å². The van der Waals surface area contributed by atoms with Crippen LogP contribution in [0.25, 0.3) is 0 Å². The van der Waals surface area contributed by atoms with Crippen LogP contribution < -0.4 is 15.6 Å². The van der Waals surface area contributed by atoms with Gasteiger partial charge in [0, 0.05) is 16.1 Å². The van der Waals surface area contributed by atoms with E-state index in [9.17, 15) is 18.0 Å². The molecule has 7 nitrogen and oxygen atoms in total. The molecule has 1 aromatic carbocycles. The SMILES string of the molecule is CS(=O)(=O)Nc1cccc(C(=O)NNC(=O)c2cc3c(s2)CCCCC3)c1. The van der Waals surface area contributed by atoms with Crippen LogP contribution in [-0.4, -0.2) is 26.5 Å². The molecule has 0 saturated carbocycles. The van der Waals surface area contributed by atoms with Gasteiger partial charge < -0.3 is 0 Å². The molecule has 0 aliphatic heterocycles. The van der Waals surface area contributed by atoms with Crippen molar-refractivity contribution in [1.29, 1.82) is 0 Å². The van der Waals surface area contributed by atoms with Crippen molar-refractivity contribution in [3.8, 4) is 0 Å². The van der Waals surface area contributed by atoms with E-state index in [1.807, 2.05) is 6.07 Å². The zero-order chi connectivity index (χ0) is 19.4. The number of anilines is 1. The average molecular weight is 408 g/mol. The third-order valence-electron chi connectivity index (χ3n) is 4.19. The normalized spacial score (nSPS) is 14.0. The first-order valence-corrected chi connectivity index (χ1v) is 11.3. The molecule has 2 amide bonds. The Hall–Kier alpha value is -2.39. The molecule has 0 unspecified atom stereocenters. The molecule has 144 valence electrons. The van der Waals surface area contributed by atoms with E-state index in [0.29, 0.717) is 4.88 Å². The van der Waals surface area contributed by atoms with Gasteiger partial charge in [-0.2, -0.15) is 0 Å². The Labute approximate surface area is 162 Å². The number of sulfonamides is 1. The highest BCUT2D eigenvalue weighted by molar-refractivity contribution is 7.92. The number of amides is 2. The van der Waals surface area contributed by atoms with Crippen LogP contribution >= 0.6 is 11.3 Å². The predicted molar refractivity (Wildman–Crippen MR) is 105 cm³/mol. The number of hydrogen-bond acceptors (Lipinski definition) is 5. The minimum Gasteiger partial charge on any atom is -0.284 e. The molecule has 0 saturated heterocycles. The topological polar surface area (TPSA) is 104 Å². The minimum atomic E-state index is -3.44. The summed E-state index contributed by atoms with van der Waals surface area (Å²) in [6.45, 7) is 0. The van der Waals surface area contributed by atoms with Crippen LogP contribution in [0, 0.1) is 0 Å². The largest absolute Gasteiger partial charge is 0.284 e. The van der Waals surface area contributed by atoms with Crippen molar-refractivity contribution in [3.05, 3.63) is 51.2 Å². The highest BCUT2D eigenvalue weighted by Gasteiger charge is 2.17. The molecular weight excluding hydrogens is 386 g/mol. The molecule has 0 spiro atoms. The fraction of sp³-hybridized carbons (Fsp3) is 0.333.